The summed E-state index contributed by atoms with van der Waals surface area (Å²) in [5, 5.41) is 5.72. The molecule has 1 aromatic carbocycles. The van der Waals surface area contributed by atoms with Gasteiger partial charge in [0.05, 0.1) is 16.8 Å². The molecule has 152 valence electrons. The highest BCUT2D eigenvalue weighted by Crippen LogP contribution is 2.38. The molecule has 30 heavy (non-hydrogen) atoms. The van der Waals surface area contributed by atoms with Gasteiger partial charge in [-0.3, -0.25) is 4.79 Å². The molecule has 0 saturated heterocycles. The number of carbonyl (C=O) groups is 2. The summed E-state index contributed by atoms with van der Waals surface area (Å²) in [7, 11) is 0. The van der Waals surface area contributed by atoms with Crippen molar-refractivity contribution in [2.45, 2.75) is 44.8 Å². The number of pyridine rings is 1. The first-order valence-electron chi connectivity index (χ1n) is 10.3. The fourth-order valence-electron chi connectivity index (χ4n) is 3.88. The molecule has 0 unspecified atom stereocenters. The number of fused-ring (bicyclic) bond motifs is 2. The molecule has 1 amide bonds. The van der Waals surface area contributed by atoms with Gasteiger partial charge in [-0.15, -0.1) is 11.3 Å². The third kappa shape index (κ3) is 3.63. The third-order valence-electron chi connectivity index (χ3n) is 5.58. The smallest absolute Gasteiger partial charge is 0.339 e. The predicted molar refractivity (Wildman–Crippen MR) is 118 cm³/mol. The molecule has 2 aromatic heterocycles. The van der Waals surface area contributed by atoms with E-state index in [1.165, 1.54) is 4.88 Å². The Kier molecular flexibility index (Phi) is 4.87. The lowest BCUT2D eigenvalue weighted by molar-refractivity contribution is -0.129. The van der Waals surface area contributed by atoms with E-state index in [9.17, 15) is 9.59 Å². The molecule has 3 aromatic rings. The average Bonchev–Trinajstić information content (AvgIpc) is 3.25. The number of thiophene rings is 1. The molecule has 0 radical (unpaired) electrons. The molecule has 2 heterocycles. The summed E-state index contributed by atoms with van der Waals surface area (Å²) >= 11 is 1.68. The Morgan fingerprint density at radius 2 is 2.03 bits per heavy atom. The Morgan fingerprint density at radius 1 is 1.20 bits per heavy atom. The number of allylic oxidation sites excluding steroid dienone is 1. The van der Waals surface area contributed by atoms with Gasteiger partial charge in [-0.1, -0.05) is 24.3 Å². The molecule has 1 atom stereocenters. The standard InChI is InChI=1S/C24H22N2O3S/c1-14(23(27)25-16-9-10-16)29-24(28)21-18-6-2-3-7-20(18)26-22-15(8-11-19(21)22)13-17-5-4-12-30-17/h2-7,12-14,16H,8-11H2,1H3,(H,25,27)/b15-13+/t14-/m0/s1. The number of esters is 1. The van der Waals surface area contributed by atoms with Crippen LogP contribution in [0.15, 0.2) is 41.8 Å². The van der Waals surface area contributed by atoms with E-state index in [0.29, 0.717) is 5.56 Å². The quantitative estimate of drug-likeness (QED) is 0.615. The number of benzene rings is 1. The first-order valence-corrected chi connectivity index (χ1v) is 11.2. The molecule has 1 N–H and O–H groups in total. The molecule has 6 heteroatoms. The van der Waals surface area contributed by atoms with Gasteiger partial charge in [0, 0.05) is 16.3 Å². The minimum absolute atomic E-state index is 0.231. The Morgan fingerprint density at radius 3 is 2.80 bits per heavy atom. The highest BCUT2D eigenvalue weighted by atomic mass is 32.1. The zero-order valence-corrected chi connectivity index (χ0v) is 17.5. The van der Waals surface area contributed by atoms with Crippen LogP contribution in [-0.4, -0.2) is 29.0 Å². The van der Waals surface area contributed by atoms with Gasteiger partial charge in [-0.25, -0.2) is 9.78 Å². The first-order chi connectivity index (χ1) is 14.6. The molecule has 0 bridgehead atoms. The molecule has 1 fully saturated rings. The van der Waals surface area contributed by atoms with Crippen molar-refractivity contribution in [1.82, 2.24) is 10.3 Å². The number of para-hydroxylation sites is 1. The summed E-state index contributed by atoms with van der Waals surface area (Å²) in [6, 6.07) is 12.0. The van der Waals surface area contributed by atoms with Crippen molar-refractivity contribution in [3.05, 3.63) is 63.5 Å². The zero-order chi connectivity index (χ0) is 20.7. The minimum atomic E-state index is -0.830. The van der Waals surface area contributed by atoms with E-state index < -0.39 is 12.1 Å². The summed E-state index contributed by atoms with van der Waals surface area (Å²) in [4.78, 5) is 31.5. The summed E-state index contributed by atoms with van der Waals surface area (Å²) in [6.07, 6.45) is 4.87. The van der Waals surface area contributed by atoms with Crippen LogP contribution >= 0.6 is 11.3 Å². The van der Waals surface area contributed by atoms with E-state index >= 15 is 0 Å². The number of amides is 1. The number of nitrogens with zero attached hydrogens (tertiary/aromatic N) is 1. The topological polar surface area (TPSA) is 68.3 Å². The van der Waals surface area contributed by atoms with Crippen molar-refractivity contribution < 1.29 is 14.3 Å². The summed E-state index contributed by atoms with van der Waals surface area (Å²) < 4.78 is 5.61. The van der Waals surface area contributed by atoms with E-state index in [4.69, 9.17) is 9.72 Å². The maximum atomic E-state index is 13.2. The van der Waals surface area contributed by atoms with Gasteiger partial charge in [0.15, 0.2) is 6.10 Å². The number of hydrogen-bond acceptors (Lipinski definition) is 5. The van der Waals surface area contributed by atoms with Crippen LogP contribution in [0, 0.1) is 0 Å². The van der Waals surface area contributed by atoms with Crippen LogP contribution in [-0.2, 0) is 16.0 Å². The Hall–Kier alpha value is -2.99. The van der Waals surface area contributed by atoms with E-state index in [2.05, 4.69) is 17.5 Å². The van der Waals surface area contributed by atoms with Crippen molar-refractivity contribution in [3.63, 3.8) is 0 Å². The zero-order valence-electron chi connectivity index (χ0n) is 16.7. The van der Waals surface area contributed by atoms with E-state index in [0.717, 1.165) is 53.4 Å². The van der Waals surface area contributed by atoms with E-state index in [1.54, 1.807) is 18.3 Å². The van der Waals surface area contributed by atoms with Gasteiger partial charge in [-0.2, -0.15) is 0 Å². The van der Waals surface area contributed by atoms with Gasteiger partial charge in [0.25, 0.3) is 5.91 Å². The van der Waals surface area contributed by atoms with E-state index in [-0.39, 0.29) is 11.9 Å². The highest BCUT2D eigenvalue weighted by molar-refractivity contribution is 7.10. The number of hydrogen-bond donors (Lipinski definition) is 1. The summed E-state index contributed by atoms with van der Waals surface area (Å²) in [5.74, 6) is -0.695. The van der Waals surface area contributed by atoms with Crippen LogP contribution in [0.1, 0.15) is 52.7 Å². The average molecular weight is 419 g/mol. The van der Waals surface area contributed by atoms with Crippen molar-refractivity contribution >= 4 is 45.8 Å². The maximum absolute atomic E-state index is 13.2. The van der Waals surface area contributed by atoms with Crippen molar-refractivity contribution in [1.29, 1.82) is 0 Å². The van der Waals surface area contributed by atoms with Crippen LogP contribution in [0.25, 0.3) is 22.6 Å². The lowest BCUT2D eigenvalue weighted by Crippen LogP contribution is -2.37. The summed E-state index contributed by atoms with van der Waals surface area (Å²) in [5.41, 5.74) is 4.21. The monoisotopic (exact) mass is 418 g/mol. The molecular formula is C24H22N2O3S. The van der Waals surface area contributed by atoms with Gasteiger partial charge in [0.2, 0.25) is 0 Å². The van der Waals surface area contributed by atoms with Crippen LogP contribution in [0.4, 0.5) is 0 Å². The second-order valence-corrected chi connectivity index (χ2v) is 8.83. The third-order valence-corrected chi connectivity index (χ3v) is 6.40. The lowest BCUT2D eigenvalue weighted by Gasteiger charge is -2.16. The SMILES string of the molecule is C[C@H](OC(=O)c1c2c(nc3ccccc13)/C(=C/c1cccs1)CC2)C(=O)NC1CC1. The second-order valence-electron chi connectivity index (χ2n) is 7.85. The maximum Gasteiger partial charge on any atom is 0.339 e. The summed E-state index contributed by atoms with van der Waals surface area (Å²) in [6.45, 7) is 1.63. The molecule has 1 saturated carbocycles. The highest BCUT2D eigenvalue weighted by Gasteiger charge is 2.31. The number of aromatic nitrogens is 1. The Bertz CT molecular complexity index is 1160. The normalized spacial score (nSPS) is 17.7. The number of carbonyl (C=O) groups excluding carboxylic acids is 2. The van der Waals surface area contributed by atoms with E-state index in [1.807, 2.05) is 35.7 Å². The van der Waals surface area contributed by atoms with Gasteiger partial charge >= 0.3 is 5.97 Å². The fraction of sp³-hybridized carbons (Fsp3) is 0.292. The first kappa shape index (κ1) is 19.0. The Labute approximate surface area is 178 Å². The largest absolute Gasteiger partial charge is 0.449 e. The number of nitrogens with one attached hydrogen (secondary N) is 1. The van der Waals surface area contributed by atoms with Gasteiger partial charge in [0.1, 0.15) is 0 Å². The molecule has 2 aliphatic carbocycles. The van der Waals surface area contributed by atoms with Crippen LogP contribution < -0.4 is 5.32 Å². The molecule has 0 spiro atoms. The number of rotatable bonds is 5. The molecule has 5 rings (SSSR count). The van der Waals surface area contributed by atoms with Gasteiger partial charge < -0.3 is 10.1 Å². The lowest BCUT2D eigenvalue weighted by atomic mass is 10.0. The molecular weight excluding hydrogens is 396 g/mol. The molecule has 2 aliphatic rings. The van der Waals surface area contributed by atoms with Crippen LogP contribution in [0.5, 0.6) is 0 Å². The van der Waals surface area contributed by atoms with Crippen LogP contribution in [0.3, 0.4) is 0 Å². The van der Waals surface area contributed by atoms with Crippen molar-refractivity contribution in [2.24, 2.45) is 0 Å². The predicted octanol–water partition coefficient (Wildman–Crippen LogP) is 4.61. The molecule has 0 aliphatic heterocycles. The van der Waals surface area contributed by atoms with Crippen molar-refractivity contribution in [2.75, 3.05) is 0 Å². The number of ether oxygens (including phenoxy) is 1. The molecule has 5 nitrogen and oxygen atoms in total. The minimum Gasteiger partial charge on any atom is -0.449 e. The fourth-order valence-corrected chi connectivity index (χ4v) is 4.56. The van der Waals surface area contributed by atoms with Crippen LogP contribution in [0.2, 0.25) is 0 Å². The van der Waals surface area contributed by atoms with Crippen molar-refractivity contribution in [3.8, 4) is 0 Å². The van der Waals surface area contributed by atoms with Gasteiger partial charge in [-0.05, 0) is 67.3 Å². The second kappa shape index (κ2) is 7.69. The Balaban J connectivity index is 1.53.